The molecule has 2 aromatic rings. The Morgan fingerprint density at radius 2 is 2.06 bits per heavy atom. The lowest BCUT2D eigenvalue weighted by Crippen LogP contribution is -2.45. The van der Waals surface area contributed by atoms with Crippen LogP contribution >= 0.6 is 0 Å². The smallest absolute Gasteiger partial charge is 0.328 e. The summed E-state index contributed by atoms with van der Waals surface area (Å²) >= 11 is 0. The standard InChI is InChI=1S/C25H29F2N5O/c1-5-17-13-28-21-10-9-20(18-7-6-8-19(12-18)25(4,26)27)30-23(21)32(14-17)24(33)31-22-11-15(2)16(3)29-22/h6-10,12,17,28H,5,11,13-14H2,1-4H3,(H,29,31,33)/t17-/m1/s1. The molecule has 0 unspecified atom stereocenters. The van der Waals surface area contributed by atoms with Crippen molar-refractivity contribution in [2.45, 2.75) is 46.5 Å². The van der Waals surface area contributed by atoms with Gasteiger partial charge < -0.3 is 5.32 Å². The molecule has 2 aliphatic rings. The highest BCUT2D eigenvalue weighted by Gasteiger charge is 2.29. The minimum Gasteiger partial charge on any atom is -0.382 e. The highest BCUT2D eigenvalue weighted by Crippen LogP contribution is 2.34. The summed E-state index contributed by atoms with van der Waals surface area (Å²) in [6.45, 7) is 8.09. The number of halogens is 2. The lowest BCUT2D eigenvalue weighted by molar-refractivity contribution is 0.0175. The van der Waals surface area contributed by atoms with Crippen molar-refractivity contribution in [3.05, 3.63) is 53.2 Å². The van der Waals surface area contributed by atoms with Crippen LogP contribution < -0.4 is 15.5 Å². The quantitative estimate of drug-likeness (QED) is 0.606. The molecule has 33 heavy (non-hydrogen) atoms. The van der Waals surface area contributed by atoms with E-state index in [2.05, 4.69) is 22.5 Å². The number of aromatic nitrogens is 1. The van der Waals surface area contributed by atoms with Crippen LogP contribution in [0.15, 0.2) is 52.7 Å². The molecule has 2 N–H and O–H groups in total. The van der Waals surface area contributed by atoms with E-state index in [4.69, 9.17) is 4.98 Å². The maximum Gasteiger partial charge on any atom is 0.328 e. The fourth-order valence-electron chi connectivity index (χ4n) is 4.00. The van der Waals surface area contributed by atoms with Crippen molar-refractivity contribution >= 4 is 23.4 Å². The third-order valence-electron chi connectivity index (χ3n) is 6.24. The van der Waals surface area contributed by atoms with Crippen LogP contribution in [0.1, 0.15) is 46.1 Å². The summed E-state index contributed by atoms with van der Waals surface area (Å²) in [7, 11) is 0. The van der Waals surface area contributed by atoms with E-state index in [0.29, 0.717) is 42.4 Å². The largest absolute Gasteiger partial charge is 0.382 e. The summed E-state index contributed by atoms with van der Waals surface area (Å²) in [5.41, 5.74) is 3.81. The normalized spacial score (nSPS) is 18.4. The van der Waals surface area contributed by atoms with Crippen molar-refractivity contribution in [3.63, 3.8) is 0 Å². The predicted octanol–water partition coefficient (Wildman–Crippen LogP) is 5.92. The number of carbonyl (C=O) groups excluding carboxylic acids is 1. The van der Waals surface area contributed by atoms with Gasteiger partial charge in [0.15, 0.2) is 5.82 Å². The second-order valence-electron chi connectivity index (χ2n) is 8.83. The first-order valence-corrected chi connectivity index (χ1v) is 11.2. The summed E-state index contributed by atoms with van der Waals surface area (Å²) in [6.07, 6.45) is 1.51. The molecule has 4 rings (SSSR count). The molecule has 0 saturated carbocycles. The zero-order chi connectivity index (χ0) is 23.8. The molecule has 2 aliphatic heterocycles. The number of nitrogens with one attached hydrogen (secondary N) is 2. The van der Waals surface area contributed by atoms with Gasteiger partial charge >= 0.3 is 6.03 Å². The number of amides is 2. The van der Waals surface area contributed by atoms with Crippen LogP contribution in [0.4, 0.5) is 25.1 Å². The number of anilines is 2. The second kappa shape index (κ2) is 8.92. The zero-order valence-corrected chi connectivity index (χ0v) is 19.4. The minimum atomic E-state index is -2.95. The van der Waals surface area contributed by atoms with Gasteiger partial charge in [-0.05, 0) is 50.0 Å². The number of allylic oxidation sites excluding steroid dienone is 1. The van der Waals surface area contributed by atoms with Crippen molar-refractivity contribution in [1.82, 2.24) is 10.3 Å². The molecule has 174 valence electrons. The SMILES string of the molecule is CC[C@@H]1CNc2ccc(-c3cccc(C(C)(F)F)c3)nc2N(C(=O)NC2=NC(C)=C(C)C2)C1. The first-order chi connectivity index (χ1) is 15.7. The summed E-state index contributed by atoms with van der Waals surface area (Å²) in [5, 5.41) is 6.33. The molecular weight excluding hydrogens is 424 g/mol. The number of urea groups is 1. The Bertz CT molecular complexity index is 1140. The lowest BCUT2D eigenvalue weighted by Gasteiger charge is -2.24. The molecule has 6 nitrogen and oxygen atoms in total. The molecule has 0 saturated heterocycles. The maximum absolute atomic E-state index is 13.9. The molecule has 0 radical (unpaired) electrons. The third-order valence-corrected chi connectivity index (χ3v) is 6.24. The van der Waals surface area contributed by atoms with Crippen LogP contribution in [0.3, 0.4) is 0 Å². The Hall–Kier alpha value is -3.29. The number of hydrogen-bond donors (Lipinski definition) is 2. The average molecular weight is 454 g/mol. The monoisotopic (exact) mass is 453 g/mol. The Morgan fingerprint density at radius 1 is 1.27 bits per heavy atom. The molecule has 2 amide bonds. The van der Waals surface area contributed by atoms with E-state index < -0.39 is 5.92 Å². The highest BCUT2D eigenvalue weighted by atomic mass is 19.3. The van der Waals surface area contributed by atoms with E-state index >= 15 is 0 Å². The van der Waals surface area contributed by atoms with E-state index in [1.165, 1.54) is 12.1 Å². The number of fused-ring (bicyclic) bond motifs is 1. The van der Waals surface area contributed by atoms with Gasteiger partial charge in [-0.25, -0.2) is 23.6 Å². The van der Waals surface area contributed by atoms with Gasteiger partial charge in [0.25, 0.3) is 5.92 Å². The number of carbonyl (C=O) groups is 1. The predicted molar refractivity (Wildman–Crippen MR) is 128 cm³/mol. The average Bonchev–Trinajstić information content (AvgIpc) is 2.98. The molecule has 0 bridgehead atoms. The Morgan fingerprint density at radius 3 is 2.73 bits per heavy atom. The van der Waals surface area contributed by atoms with Gasteiger partial charge in [0, 0.05) is 43.3 Å². The number of benzene rings is 1. The number of rotatable bonds is 3. The second-order valence-corrected chi connectivity index (χ2v) is 8.83. The van der Waals surface area contributed by atoms with Crippen LogP contribution in [0, 0.1) is 5.92 Å². The van der Waals surface area contributed by atoms with Crippen LogP contribution in [0.5, 0.6) is 0 Å². The molecule has 0 spiro atoms. The number of aliphatic imine (C=N–C) groups is 1. The Kier molecular flexibility index (Phi) is 6.19. The molecule has 1 aromatic heterocycles. The minimum absolute atomic E-state index is 0.0759. The summed E-state index contributed by atoms with van der Waals surface area (Å²) in [5.74, 6) is -1.61. The number of nitrogens with zero attached hydrogens (tertiary/aromatic N) is 3. The van der Waals surface area contributed by atoms with E-state index in [9.17, 15) is 13.6 Å². The van der Waals surface area contributed by atoms with Gasteiger partial charge in [0.2, 0.25) is 0 Å². The fourth-order valence-corrected chi connectivity index (χ4v) is 4.00. The summed E-state index contributed by atoms with van der Waals surface area (Å²) in [6, 6.07) is 9.55. The van der Waals surface area contributed by atoms with Gasteiger partial charge in [0.1, 0.15) is 5.84 Å². The number of pyridine rings is 1. The molecule has 1 aromatic carbocycles. The molecule has 3 heterocycles. The van der Waals surface area contributed by atoms with Crippen molar-refractivity contribution < 1.29 is 13.6 Å². The van der Waals surface area contributed by atoms with Crippen LogP contribution in [-0.2, 0) is 5.92 Å². The number of amidine groups is 1. The van der Waals surface area contributed by atoms with Crippen LogP contribution in [0.25, 0.3) is 11.3 Å². The number of hydrogen-bond acceptors (Lipinski definition) is 4. The van der Waals surface area contributed by atoms with Gasteiger partial charge in [-0.3, -0.25) is 10.2 Å². The molecule has 8 heteroatoms. The Labute approximate surface area is 192 Å². The van der Waals surface area contributed by atoms with Gasteiger partial charge in [-0.1, -0.05) is 25.1 Å². The molecule has 1 atom stereocenters. The van der Waals surface area contributed by atoms with Gasteiger partial charge in [-0.2, -0.15) is 0 Å². The summed E-state index contributed by atoms with van der Waals surface area (Å²) in [4.78, 5) is 24.2. The Balaban J connectivity index is 1.69. The maximum atomic E-state index is 13.9. The lowest BCUT2D eigenvalue weighted by atomic mass is 10.0. The highest BCUT2D eigenvalue weighted by molar-refractivity contribution is 6.07. The molecule has 0 fully saturated rings. The topological polar surface area (TPSA) is 69.6 Å². The van der Waals surface area contributed by atoms with Gasteiger partial charge in [-0.15, -0.1) is 0 Å². The molecular formula is C25H29F2N5O. The van der Waals surface area contributed by atoms with Crippen molar-refractivity contribution in [1.29, 1.82) is 0 Å². The van der Waals surface area contributed by atoms with E-state index in [1.54, 1.807) is 23.1 Å². The first-order valence-electron chi connectivity index (χ1n) is 11.2. The van der Waals surface area contributed by atoms with Crippen molar-refractivity contribution in [2.24, 2.45) is 10.9 Å². The summed E-state index contributed by atoms with van der Waals surface area (Å²) < 4.78 is 27.7. The third kappa shape index (κ3) is 4.89. The zero-order valence-electron chi connectivity index (χ0n) is 19.4. The number of alkyl halides is 2. The van der Waals surface area contributed by atoms with Gasteiger partial charge in [0.05, 0.1) is 11.4 Å². The van der Waals surface area contributed by atoms with Crippen molar-refractivity contribution in [3.8, 4) is 11.3 Å². The van der Waals surface area contributed by atoms with Crippen molar-refractivity contribution in [2.75, 3.05) is 23.3 Å². The van der Waals surface area contributed by atoms with Crippen LogP contribution in [-0.4, -0.2) is 29.9 Å². The van der Waals surface area contributed by atoms with E-state index in [1.807, 2.05) is 19.9 Å². The van der Waals surface area contributed by atoms with Crippen LogP contribution in [0.2, 0.25) is 0 Å². The fraction of sp³-hybridized carbons (Fsp3) is 0.400. The first kappa shape index (κ1) is 22.9. The molecule has 0 aliphatic carbocycles. The van der Waals surface area contributed by atoms with E-state index in [-0.39, 0.29) is 17.5 Å². The van der Waals surface area contributed by atoms with E-state index in [0.717, 1.165) is 30.3 Å².